The molecule has 0 amide bonds. The second kappa shape index (κ2) is 5.32. The summed E-state index contributed by atoms with van der Waals surface area (Å²) in [5.41, 5.74) is -1.39. The van der Waals surface area contributed by atoms with Gasteiger partial charge in [-0.15, -0.1) is 0 Å². The molecule has 1 fully saturated rings. The molecule has 1 heterocycles. The fourth-order valence-corrected chi connectivity index (χ4v) is 2.21. The molecule has 0 radical (unpaired) electrons. The first-order valence-electron chi connectivity index (χ1n) is 6.10. The molecule has 2 rings (SSSR count). The molecule has 20 heavy (non-hydrogen) atoms. The summed E-state index contributed by atoms with van der Waals surface area (Å²) in [5, 5.41) is 8.96. The van der Waals surface area contributed by atoms with Crippen LogP contribution < -0.4 is 4.90 Å². The molecule has 1 saturated heterocycles. The number of carboxylic acid groups (broad SMARTS) is 1. The Hall–Kier alpha value is -1.76. The SMILES string of the molecule is CC1CN(c2ccc(C(F)(F)F)c(C(=O)O)c2)CCO1. The first-order chi connectivity index (χ1) is 9.29. The van der Waals surface area contributed by atoms with Crippen LogP contribution in [0.5, 0.6) is 0 Å². The monoisotopic (exact) mass is 289 g/mol. The van der Waals surface area contributed by atoms with Crippen molar-refractivity contribution < 1.29 is 27.8 Å². The van der Waals surface area contributed by atoms with Crippen LogP contribution in [0, 0.1) is 0 Å². The van der Waals surface area contributed by atoms with Crippen molar-refractivity contribution in [3.05, 3.63) is 29.3 Å². The van der Waals surface area contributed by atoms with E-state index in [9.17, 15) is 18.0 Å². The maximum Gasteiger partial charge on any atom is 0.417 e. The van der Waals surface area contributed by atoms with Gasteiger partial charge in [0, 0.05) is 18.8 Å². The van der Waals surface area contributed by atoms with Gasteiger partial charge in [-0.05, 0) is 25.1 Å². The van der Waals surface area contributed by atoms with Crippen molar-refractivity contribution in [1.29, 1.82) is 0 Å². The number of halogens is 3. The molecular formula is C13H14F3NO3. The van der Waals surface area contributed by atoms with Crippen LogP contribution in [0.25, 0.3) is 0 Å². The van der Waals surface area contributed by atoms with E-state index in [-0.39, 0.29) is 6.10 Å². The third kappa shape index (κ3) is 3.04. The Morgan fingerprint density at radius 3 is 2.70 bits per heavy atom. The van der Waals surface area contributed by atoms with Gasteiger partial charge in [0.2, 0.25) is 0 Å². The van der Waals surface area contributed by atoms with Crippen molar-refractivity contribution in [2.24, 2.45) is 0 Å². The minimum atomic E-state index is -4.68. The molecule has 1 aliphatic heterocycles. The number of carbonyl (C=O) groups is 1. The van der Waals surface area contributed by atoms with Crippen LogP contribution in [0.2, 0.25) is 0 Å². The third-order valence-electron chi connectivity index (χ3n) is 3.15. The number of rotatable bonds is 2. The maximum atomic E-state index is 12.7. The van der Waals surface area contributed by atoms with Gasteiger partial charge in [0.1, 0.15) is 0 Å². The van der Waals surface area contributed by atoms with Crippen LogP contribution in [0.1, 0.15) is 22.8 Å². The van der Waals surface area contributed by atoms with Gasteiger partial charge in [0.05, 0.1) is 23.8 Å². The summed E-state index contributed by atoms with van der Waals surface area (Å²) in [5.74, 6) is -1.58. The van der Waals surface area contributed by atoms with Gasteiger partial charge in [-0.1, -0.05) is 0 Å². The number of ether oxygens (including phenoxy) is 1. The van der Waals surface area contributed by atoms with Gasteiger partial charge < -0.3 is 14.7 Å². The number of anilines is 1. The molecule has 0 saturated carbocycles. The lowest BCUT2D eigenvalue weighted by Crippen LogP contribution is -2.41. The van der Waals surface area contributed by atoms with Gasteiger partial charge in [-0.25, -0.2) is 4.79 Å². The molecule has 1 aromatic rings. The average molecular weight is 289 g/mol. The molecule has 1 N–H and O–H groups in total. The molecular weight excluding hydrogens is 275 g/mol. The molecule has 0 bridgehead atoms. The first-order valence-corrected chi connectivity index (χ1v) is 6.10. The van der Waals surface area contributed by atoms with E-state index in [4.69, 9.17) is 9.84 Å². The zero-order chi connectivity index (χ0) is 14.9. The summed E-state index contributed by atoms with van der Waals surface area (Å²) in [4.78, 5) is 12.8. The highest BCUT2D eigenvalue weighted by molar-refractivity contribution is 5.91. The Bertz CT molecular complexity index is 516. The summed E-state index contributed by atoms with van der Waals surface area (Å²) in [6.07, 6.45) is -4.72. The second-order valence-corrected chi connectivity index (χ2v) is 4.66. The van der Waals surface area contributed by atoms with E-state index in [2.05, 4.69) is 0 Å². The van der Waals surface area contributed by atoms with Crippen molar-refractivity contribution in [2.75, 3.05) is 24.6 Å². The lowest BCUT2D eigenvalue weighted by atomic mass is 10.1. The lowest BCUT2D eigenvalue weighted by molar-refractivity contribution is -0.138. The van der Waals surface area contributed by atoms with Gasteiger partial charge in [0.15, 0.2) is 0 Å². The van der Waals surface area contributed by atoms with Crippen LogP contribution in [0.4, 0.5) is 18.9 Å². The average Bonchev–Trinajstić information content (AvgIpc) is 2.37. The van der Waals surface area contributed by atoms with Crippen LogP contribution in [-0.2, 0) is 10.9 Å². The van der Waals surface area contributed by atoms with Gasteiger partial charge in [-0.2, -0.15) is 13.2 Å². The summed E-state index contributed by atoms with van der Waals surface area (Å²) >= 11 is 0. The quantitative estimate of drug-likeness (QED) is 0.909. The number of hydrogen-bond donors (Lipinski definition) is 1. The molecule has 1 aromatic carbocycles. The topological polar surface area (TPSA) is 49.8 Å². The van der Waals surface area contributed by atoms with Gasteiger partial charge >= 0.3 is 12.1 Å². The Labute approximate surface area is 113 Å². The maximum absolute atomic E-state index is 12.7. The highest BCUT2D eigenvalue weighted by Crippen LogP contribution is 2.34. The lowest BCUT2D eigenvalue weighted by Gasteiger charge is -2.33. The predicted octanol–water partition coefficient (Wildman–Crippen LogP) is 2.63. The van der Waals surface area contributed by atoms with Gasteiger partial charge in [0.25, 0.3) is 0 Å². The highest BCUT2D eigenvalue weighted by atomic mass is 19.4. The van der Waals surface area contributed by atoms with Crippen LogP contribution >= 0.6 is 0 Å². The molecule has 0 spiro atoms. The number of carboxylic acids is 1. The zero-order valence-electron chi connectivity index (χ0n) is 10.8. The molecule has 1 atom stereocenters. The van der Waals surface area contributed by atoms with E-state index in [1.165, 1.54) is 6.07 Å². The van der Waals surface area contributed by atoms with Crippen LogP contribution in [0.15, 0.2) is 18.2 Å². The third-order valence-corrected chi connectivity index (χ3v) is 3.15. The van der Waals surface area contributed by atoms with Crippen molar-refractivity contribution in [3.8, 4) is 0 Å². The van der Waals surface area contributed by atoms with Crippen LogP contribution in [0.3, 0.4) is 0 Å². The Balaban J connectivity index is 2.37. The Morgan fingerprint density at radius 1 is 1.45 bits per heavy atom. The minimum Gasteiger partial charge on any atom is -0.478 e. The first kappa shape index (κ1) is 14.6. The van der Waals surface area contributed by atoms with Crippen molar-refractivity contribution in [2.45, 2.75) is 19.2 Å². The molecule has 7 heteroatoms. The fourth-order valence-electron chi connectivity index (χ4n) is 2.21. The number of nitrogens with zero attached hydrogens (tertiary/aromatic N) is 1. The zero-order valence-corrected chi connectivity index (χ0v) is 10.8. The van der Waals surface area contributed by atoms with E-state index >= 15 is 0 Å². The normalized spacial score (nSPS) is 20.0. The number of hydrogen-bond acceptors (Lipinski definition) is 3. The smallest absolute Gasteiger partial charge is 0.417 e. The molecule has 4 nitrogen and oxygen atoms in total. The standard InChI is InChI=1S/C13H14F3NO3/c1-8-7-17(4-5-20-8)9-2-3-11(13(14,15)16)10(6-9)12(18)19/h2-3,6,8H,4-5,7H2,1H3,(H,18,19). The van der Waals surface area contributed by atoms with E-state index in [0.717, 1.165) is 12.1 Å². The molecule has 0 aromatic heterocycles. The highest BCUT2D eigenvalue weighted by Gasteiger charge is 2.35. The second-order valence-electron chi connectivity index (χ2n) is 4.66. The van der Waals surface area contributed by atoms with Crippen LogP contribution in [-0.4, -0.2) is 36.9 Å². The Kier molecular flexibility index (Phi) is 3.89. The fraction of sp³-hybridized carbons (Fsp3) is 0.462. The molecule has 1 aliphatic rings. The summed E-state index contributed by atoms with van der Waals surface area (Å²) < 4.78 is 43.6. The van der Waals surface area contributed by atoms with E-state index in [1.54, 1.807) is 0 Å². The predicted molar refractivity (Wildman–Crippen MR) is 66.0 cm³/mol. The summed E-state index contributed by atoms with van der Waals surface area (Å²) in [6, 6.07) is 3.19. The van der Waals surface area contributed by atoms with Crippen molar-refractivity contribution in [1.82, 2.24) is 0 Å². The van der Waals surface area contributed by atoms with E-state index in [1.807, 2.05) is 11.8 Å². The summed E-state index contributed by atoms with van der Waals surface area (Å²) in [7, 11) is 0. The number of alkyl halides is 3. The van der Waals surface area contributed by atoms with E-state index < -0.39 is 23.3 Å². The number of aromatic carboxylic acids is 1. The molecule has 1 unspecified atom stereocenters. The Morgan fingerprint density at radius 2 is 2.15 bits per heavy atom. The largest absolute Gasteiger partial charge is 0.478 e. The summed E-state index contributed by atoms with van der Waals surface area (Å²) in [6.45, 7) is 3.36. The van der Waals surface area contributed by atoms with Crippen molar-refractivity contribution in [3.63, 3.8) is 0 Å². The van der Waals surface area contributed by atoms with Gasteiger partial charge in [-0.3, -0.25) is 0 Å². The van der Waals surface area contributed by atoms with Crippen molar-refractivity contribution >= 4 is 11.7 Å². The van der Waals surface area contributed by atoms with E-state index in [0.29, 0.717) is 25.4 Å². The minimum absolute atomic E-state index is 0.0423. The molecule has 110 valence electrons. The number of benzene rings is 1. The number of morpholine rings is 1. The molecule has 0 aliphatic carbocycles.